The first-order valence-corrected chi connectivity index (χ1v) is 6.96. The summed E-state index contributed by atoms with van der Waals surface area (Å²) >= 11 is 0. The quantitative estimate of drug-likeness (QED) is 0.862. The monoisotopic (exact) mass is 263 g/mol. The van der Waals surface area contributed by atoms with Gasteiger partial charge in [0.05, 0.1) is 15.7 Å². The first kappa shape index (κ1) is 12.8. The summed E-state index contributed by atoms with van der Waals surface area (Å²) in [6.07, 6.45) is 0.640. The summed E-state index contributed by atoms with van der Waals surface area (Å²) in [4.78, 5) is 0.271. The number of halogens is 1. The van der Waals surface area contributed by atoms with Gasteiger partial charge in [0.2, 0.25) is 0 Å². The largest absolute Gasteiger partial charge is 0.399 e. The van der Waals surface area contributed by atoms with E-state index in [0.717, 1.165) is 5.56 Å². The predicted octanol–water partition coefficient (Wildman–Crippen LogP) is 2.76. The van der Waals surface area contributed by atoms with Crippen LogP contribution in [-0.4, -0.2) is 9.96 Å². The third-order valence-corrected chi connectivity index (χ3v) is 4.03. The molecule has 0 bridgehead atoms. The zero-order chi connectivity index (χ0) is 13.0. The van der Waals surface area contributed by atoms with Crippen molar-refractivity contribution in [1.82, 2.24) is 0 Å². The minimum atomic E-state index is -1.31. The van der Waals surface area contributed by atoms with Crippen molar-refractivity contribution >= 4 is 16.5 Å². The second-order valence-electron chi connectivity index (χ2n) is 3.97. The highest BCUT2D eigenvalue weighted by molar-refractivity contribution is 7.85. The van der Waals surface area contributed by atoms with Crippen LogP contribution < -0.4 is 5.73 Å². The minimum absolute atomic E-state index is 0.271. The lowest BCUT2D eigenvalue weighted by Gasteiger charge is -2.04. The summed E-state index contributed by atoms with van der Waals surface area (Å²) in [5, 5.41) is 0. The van der Waals surface area contributed by atoms with Gasteiger partial charge in [0.1, 0.15) is 5.82 Å². The van der Waals surface area contributed by atoms with Crippen molar-refractivity contribution in [2.75, 3.05) is 11.5 Å². The summed E-state index contributed by atoms with van der Waals surface area (Å²) < 4.78 is 25.4. The number of nitrogen functional groups attached to an aromatic ring is 1. The first-order chi connectivity index (χ1) is 8.66. The van der Waals surface area contributed by atoms with Crippen molar-refractivity contribution in [2.45, 2.75) is 11.3 Å². The summed E-state index contributed by atoms with van der Waals surface area (Å²) in [6, 6.07) is 13.6. The van der Waals surface area contributed by atoms with E-state index in [9.17, 15) is 8.60 Å². The summed E-state index contributed by atoms with van der Waals surface area (Å²) in [5.74, 6) is -0.00154. The maximum absolute atomic E-state index is 13.4. The fourth-order valence-electron chi connectivity index (χ4n) is 1.63. The lowest BCUT2D eigenvalue weighted by molar-refractivity contribution is 0.595. The van der Waals surface area contributed by atoms with Gasteiger partial charge in [-0.15, -0.1) is 0 Å². The SMILES string of the molecule is Nc1ccc(CCS(=O)c2ccccc2F)cc1. The molecule has 0 heterocycles. The second kappa shape index (κ2) is 5.78. The Labute approximate surface area is 108 Å². The van der Waals surface area contributed by atoms with Crippen molar-refractivity contribution in [1.29, 1.82) is 0 Å². The lowest BCUT2D eigenvalue weighted by Crippen LogP contribution is -2.03. The number of hydrogen-bond acceptors (Lipinski definition) is 2. The van der Waals surface area contributed by atoms with E-state index < -0.39 is 16.6 Å². The van der Waals surface area contributed by atoms with Gasteiger partial charge in [-0.3, -0.25) is 4.21 Å². The van der Waals surface area contributed by atoms with Crippen LogP contribution in [0.3, 0.4) is 0 Å². The van der Waals surface area contributed by atoms with E-state index >= 15 is 0 Å². The molecule has 2 nitrogen and oxygen atoms in total. The maximum atomic E-state index is 13.4. The molecule has 0 aliphatic rings. The Balaban J connectivity index is 2.01. The van der Waals surface area contributed by atoms with Crippen LogP contribution in [0.25, 0.3) is 0 Å². The topological polar surface area (TPSA) is 43.1 Å². The molecule has 0 amide bonds. The van der Waals surface area contributed by atoms with Crippen molar-refractivity contribution < 1.29 is 8.60 Å². The molecule has 4 heteroatoms. The maximum Gasteiger partial charge on any atom is 0.139 e. The summed E-state index contributed by atoms with van der Waals surface area (Å²) in [6.45, 7) is 0. The molecule has 0 spiro atoms. The molecule has 0 aromatic heterocycles. The van der Waals surface area contributed by atoms with Gasteiger partial charge in [-0.05, 0) is 36.2 Å². The van der Waals surface area contributed by atoms with Crippen LogP contribution >= 0.6 is 0 Å². The van der Waals surface area contributed by atoms with Gasteiger partial charge in [-0.1, -0.05) is 24.3 Å². The highest BCUT2D eigenvalue weighted by Crippen LogP contribution is 2.13. The van der Waals surface area contributed by atoms with Gasteiger partial charge in [-0.2, -0.15) is 0 Å². The Morgan fingerprint density at radius 1 is 1.06 bits per heavy atom. The van der Waals surface area contributed by atoms with Crippen LogP contribution in [0.5, 0.6) is 0 Å². The molecule has 1 atom stereocenters. The average Bonchev–Trinajstić information content (AvgIpc) is 2.38. The Hall–Kier alpha value is -1.68. The molecule has 0 saturated carbocycles. The Kier molecular flexibility index (Phi) is 4.10. The molecule has 0 radical (unpaired) electrons. The standard InChI is InChI=1S/C14H14FNOS/c15-13-3-1-2-4-14(13)18(17)10-9-11-5-7-12(16)8-6-11/h1-8H,9-10,16H2. The Morgan fingerprint density at radius 3 is 2.39 bits per heavy atom. The molecular formula is C14H14FNOS. The molecular weight excluding hydrogens is 249 g/mol. The highest BCUT2D eigenvalue weighted by Gasteiger charge is 2.08. The van der Waals surface area contributed by atoms with Crippen LogP contribution in [0, 0.1) is 5.82 Å². The second-order valence-corrected chi connectivity index (χ2v) is 5.51. The zero-order valence-electron chi connectivity index (χ0n) is 9.80. The van der Waals surface area contributed by atoms with Gasteiger partial charge < -0.3 is 5.73 Å². The smallest absolute Gasteiger partial charge is 0.139 e. The van der Waals surface area contributed by atoms with E-state index in [-0.39, 0.29) is 4.90 Å². The number of rotatable bonds is 4. The van der Waals surface area contributed by atoms with Crippen molar-refractivity contribution in [2.24, 2.45) is 0 Å². The average molecular weight is 263 g/mol. The van der Waals surface area contributed by atoms with Crippen molar-refractivity contribution in [3.8, 4) is 0 Å². The molecule has 0 fully saturated rings. The van der Waals surface area contributed by atoms with Crippen LogP contribution in [-0.2, 0) is 17.2 Å². The predicted molar refractivity (Wildman–Crippen MR) is 72.2 cm³/mol. The number of aryl methyl sites for hydroxylation is 1. The van der Waals surface area contributed by atoms with E-state index in [0.29, 0.717) is 17.9 Å². The third-order valence-electron chi connectivity index (χ3n) is 2.64. The third kappa shape index (κ3) is 3.17. The number of benzene rings is 2. The minimum Gasteiger partial charge on any atom is -0.399 e. The molecule has 2 aromatic carbocycles. The molecule has 0 aliphatic carbocycles. The van der Waals surface area contributed by atoms with Crippen LogP contribution in [0.15, 0.2) is 53.4 Å². The highest BCUT2D eigenvalue weighted by atomic mass is 32.2. The van der Waals surface area contributed by atoms with E-state index in [1.807, 2.05) is 12.1 Å². The van der Waals surface area contributed by atoms with Crippen LogP contribution in [0.2, 0.25) is 0 Å². The van der Waals surface area contributed by atoms with E-state index in [1.165, 1.54) is 6.07 Å². The normalized spacial score (nSPS) is 12.3. The number of anilines is 1. The Morgan fingerprint density at radius 2 is 1.72 bits per heavy atom. The Bertz CT molecular complexity index is 554. The first-order valence-electron chi connectivity index (χ1n) is 5.64. The molecule has 0 aliphatic heterocycles. The van der Waals surface area contributed by atoms with Gasteiger partial charge in [0.25, 0.3) is 0 Å². The molecule has 94 valence electrons. The molecule has 2 rings (SSSR count). The number of nitrogens with two attached hydrogens (primary N) is 1. The molecule has 2 N–H and O–H groups in total. The van der Waals surface area contributed by atoms with Gasteiger partial charge in [0.15, 0.2) is 0 Å². The van der Waals surface area contributed by atoms with Crippen molar-refractivity contribution in [3.05, 3.63) is 59.9 Å². The van der Waals surface area contributed by atoms with E-state index in [4.69, 9.17) is 5.73 Å². The summed E-state index contributed by atoms with van der Waals surface area (Å²) in [5.41, 5.74) is 7.34. The fraction of sp³-hybridized carbons (Fsp3) is 0.143. The van der Waals surface area contributed by atoms with Gasteiger partial charge >= 0.3 is 0 Å². The molecule has 18 heavy (non-hydrogen) atoms. The number of hydrogen-bond donors (Lipinski definition) is 1. The zero-order valence-corrected chi connectivity index (χ0v) is 10.6. The van der Waals surface area contributed by atoms with Crippen molar-refractivity contribution in [3.63, 3.8) is 0 Å². The van der Waals surface area contributed by atoms with E-state index in [2.05, 4.69) is 0 Å². The van der Waals surface area contributed by atoms with Gasteiger partial charge in [0, 0.05) is 11.4 Å². The molecule has 2 aromatic rings. The van der Waals surface area contributed by atoms with Crippen LogP contribution in [0.1, 0.15) is 5.56 Å². The molecule has 0 saturated heterocycles. The lowest BCUT2D eigenvalue weighted by atomic mass is 10.2. The summed E-state index contributed by atoms with van der Waals surface area (Å²) in [7, 11) is -1.31. The van der Waals surface area contributed by atoms with Crippen LogP contribution in [0.4, 0.5) is 10.1 Å². The van der Waals surface area contributed by atoms with Gasteiger partial charge in [-0.25, -0.2) is 4.39 Å². The fourth-order valence-corrected chi connectivity index (χ4v) is 2.79. The molecule has 1 unspecified atom stereocenters. The van der Waals surface area contributed by atoms with E-state index in [1.54, 1.807) is 30.3 Å².